The quantitative estimate of drug-likeness (QED) is 0.325. The lowest BCUT2D eigenvalue weighted by Crippen LogP contribution is -2.45. The molecular weight excluding hydrogens is 206 g/mol. The molecule has 2 fully saturated rings. The second-order valence-electron chi connectivity index (χ2n) is 3.78. The number of nitrogens with one attached hydrogen (secondary N) is 1. The number of hydrazine groups is 1. The number of hydrogen-bond donors (Lipinski definition) is 2. The number of hydrogen-bond acceptors (Lipinski definition) is 4. The lowest BCUT2D eigenvalue weighted by molar-refractivity contribution is -0.142. The van der Waals surface area contributed by atoms with E-state index in [0.717, 1.165) is 30.9 Å². The van der Waals surface area contributed by atoms with E-state index < -0.39 is 5.41 Å². The van der Waals surface area contributed by atoms with Crippen molar-refractivity contribution >= 4 is 24.2 Å². The Morgan fingerprint density at radius 1 is 1.29 bits per heavy atom. The monoisotopic (exact) mass is 219 g/mol. The molecule has 2 aliphatic rings. The first-order valence-corrected chi connectivity index (χ1v) is 4.48. The zero-order chi connectivity index (χ0) is 9.47. The number of carbonyl (C=O) groups excluding carboxylic acids is 2. The van der Waals surface area contributed by atoms with Crippen LogP contribution in [0.25, 0.3) is 0 Å². The number of carbonyl (C=O) groups is 2. The topological polar surface area (TPSA) is 75.4 Å². The molecule has 0 bridgehead atoms. The summed E-state index contributed by atoms with van der Waals surface area (Å²) in [5.41, 5.74) is -0.475. The first kappa shape index (κ1) is 11.4. The van der Waals surface area contributed by atoms with Crippen molar-refractivity contribution in [1.29, 1.82) is 0 Å². The van der Waals surface area contributed by atoms with Gasteiger partial charge < -0.3 is 5.32 Å². The van der Waals surface area contributed by atoms with Gasteiger partial charge in [0.05, 0.1) is 5.41 Å². The smallest absolute Gasteiger partial charge is 0.250 e. The Morgan fingerprint density at radius 2 is 1.86 bits per heavy atom. The highest BCUT2D eigenvalue weighted by Gasteiger charge is 2.50. The Hall–Kier alpha value is -0.650. The standard InChI is InChI=1S/C8H13N3O2.ClH/c9-11-6(12)5-8(7(11)13)1-3-10-4-2-8;/h10H,1-5,9H2;1H. The van der Waals surface area contributed by atoms with Crippen molar-refractivity contribution in [2.45, 2.75) is 19.3 Å². The van der Waals surface area contributed by atoms with Crippen LogP contribution in [0.1, 0.15) is 19.3 Å². The van der Waals surface area contributed by atoms with E-state index in [9.17, 15) is 9.59 Å². The number of amides is 2. The lowest BCUT2D eigenvalue weighted by Gasteiger charge is -2.30. The molecule has 2 heterocycles. The minimum Gasteiger partial charge on any atom is -0.317 e. The van der Waals surface area contributed by atoms with Crippen LogP contribution in [-0.2, 0) is 9.59 Å². The molecule has 2 saturated heterocycles. The van der Waals surface area contributed by atoms with E-state index >= 15 is 0 Å². The van der Waals surface area contributed by atoms with E-state index in [1.807, 2.05) is 0 Å². The fourth-order valence-electron chi connectivity index (χ4n) is 2.12. The molecule has 0 aromatic heterocycles. The third-order valence-corrected chi connectivity index (χ3v) is 2.99. The van der Waals surface area contributed by atoms with Crippen LogP contribution in [0.5, 0.6) is 0 Å². The van der Waals surface area contributed by atoms with Crippen LogP contribution in [0.15, 0.2) is 0 Å². The van der Waals surface area contributed by atoms with Crippen LogP contribution in [0.4, 0.5) is 0 Å². The van der Waals surface area contributed by atoms with Gasteiger partial charge in [-0.2, -0.15) is 0 Å². The number of nitrogens with zero attached hydrogens (tertiary/aromatic N) is 1. The molecule has 0 unspecified atom stereocenters. The molecule has 6 heteroatoms. The summed E-state index contributed by atoms with van der Waals surface area (Å²) in [6.45, 7) is 1.60. The van der Waals surface area contributed by atoms with Gasteiger partial charge in [-0.1, -0.05) is 0 Å². The summed E-state index contributed by atoms with van der Waals surface area (Å²) in [7, 11) is 0. The van der Waals surface area contributed by atoms with Crippen LogP contribution in [0.3, 0.4) is 0 Å². The van der Waals surface area contributed by atoms with Crippen LogP contribution < -0.4 is 11.2 Å². The van der Waals surface area contributed by atoms with Crippen molar-refractivity contribution in [3.05, 3.63) is 0 Å². The summed E-state index contributed by atoms with van der Waals surface area (Å²) in [6, 6.07) is 0. The lowest BCUT2D eigenvalue weighted by atomic mass is 9.77. The number of imide groups is 1. The van der Waals surface area contributed by atoms with Crippen molar-refractivity contribution in [2.75, 3.05) is 13.1 Å². The minimum absolute atomic E-state index is 0. The highest BCUT2D eigenvalue weighted by atomic mass is 35.5. The van der Waals surface area contributed by atoms with E-state index in [1.54, 1.807) is 0 Å². The van der Waals surface area contributed by atoms with Crippen LogP contribution >= 0.6 is 12.4 Å². The van der Waals surface area contributed by atoms with Gasteiger partial charge >= 0.3 is 0 Å². The zero-order valence-corrected chi connectivity index (χ0v) is 8.60. The second kappa shape index (κ2) is 3.84. The molecule has 2 aliphatic heterocycles. The molecule has 0 atom stereocenters. The highest BCUT2D eigenvalue weighted by Crippen LogP contribution is 2.39. The van der Waals surface area contributed by atoms with Crippen LogP contribution in [0.2, 0.25) is 0 Å². The second-order valence-corrected chi connectivity index (χ2v) is 3.78. The van der Waals surface area contributed by atoms with E-state index in [4.69, 9.17) is 5.84 Å². The first-order valence-electron chi connectivity index (χ1n) is 4.48. The predicted octanol–water partition coefficient (Wildman–Crippen LogP) is -0.589. The van der Waals surface area contributed by atoms with Crippen molar-refractivity contribution in [3.63, 3.8) is 0 Å². The molecule has 0 aromatic rings. The molecule has 14 heavy (non-hydrogen) atoms. The van der Waals surface area contributed by atoms with Gasteiger partial charge in [-0.05, 0) is 25.9 Å². The first-order chi connectivity index (χ1) is 6.16. The normalized spacial score (nSPS) is 25.4. The Kier molecular flexibility index (Phi) is 3.14. The van der Waals surface area contributed by atoms with Crippen molar-refractivity contribution < 1.29 is 9.59 Å². The maximum Gasteiger partial charge on any atom is 0.250 e. The average Bonchev–Trinajstić information content (AvgIpc) is 2.33. The summed E-state index contributed by atoms with van der Waals surface area (Å²) in [5.74, 6) is 4.90. The zero-order valence-electron chi connectivity index (χ0n) is 7.78. The molecule has 5 nitrogen and oxygen atoms in total. The molecule has 80 valence electrons. The number of rotatable bonds is 0. The number of halogens is 1. The van der Waals surface area contributed by atoms with Crippen molar-refractivity contribution in [3.8, 4) is 0 Å². The fourth-order valence-corrected chi connectivity index (χ4v) is 2.12. The molecule has 0 aromatic carbocycles. The summed E-state index contributed by atoms with van der Waals surface area (Å²) in [5, 5.41) is 3.95. The van der Waals surface area contributed by atoms with Gasteiger partial charge in [0.25, 0.3) is 0 Å². The molecule has 3 N–H and O–H groups in total. The predicted molar refractivity (Wildman–Crippen MR) is 52.4 cm³/mol. The van der Waals surface area contributed by atoms with Crippen LogP contribution in [-0.4, -0.2) is 29.9 Å². The van der Waals surface area contributed by atoms with Gasteiger partial charge in [-0.3, -0.25) is 9.59 Å². The van der Waals surface area contributed by atoms with Gasteiger partial charge in [-0.25, -0.2) is 10.9 Å². The van der Waals surface area contributed by atoms with Crippen LogP contribution in [0, 0.1) is 5.41 Å². The van der Waals surface area contributed by atoms with Crippen molar-refractivity contribution in [1.82, 2.24) is 10.3 Å². The molecule has 0 aliphatic carbocycles. The summed E-state index contributed by atoms with van der Waals surface area (Å²) in [6.07, 6.45) is 1.75. The van der Waals surface area contributed by atoms with E-state index in [-0.39, 0.29) is 24.2 Å². The third kappa shape index (κ3) is 1.51. The molecular formula is C8H14ClN3O2. The van der Waals surface area contributed by atoms with Gasteiger partial charge in [0.2, 0.25) is 11.8 Å². The van der Waals surface area contributed by atoms with Crippen molar-refractivity contribution in [2.24, 2.45) is 11.3 Å². The van der Waals surface area contributed by atoms with E-state index in [2.05, 4.69) is 5.32 Å². The Balaban J connectivity index is 0.000000980. The summed E-state index contributed by atoms with van der Waals surface area (Å²) >= 11 is 0. The maximum absolute atomic E-state index is 11.6. The molecule has 0 radical (unpaired) electrons. The molecule has 0 saturated carbocycles. The fraction of sp³-hybridized carbons (Fsp3) is 0.750. The SMILES string of the molecule is Cl.NN1C(=O)CC2(CCNCC2)C1=O. The Labute approximate surface area is 88.4 Å². The van der Waals surface area contributed by atoms with Gasteiger partial charge in [-0.15, -0.1) is 12.4 Å². The highest BCUT2D eigenvalue weighted by molar-refractivity contribution is 6.05. The summed E-state index contributed by atoms with van der Waals surface area (Å²) in [4.78, 5) is 22.9. The van der Waals surface area contributed by atoms with Gasteiger partial charge in [0.15, 0.2) is 0 Å². The van der Waals surface area contributed by atoms with Gasteiger partial charge in [0, 0.05) is 6.42 Å². The molecule has 1 spiro atoms. The maximum atomic E-state index is 11.6. The largest absolute Gasteiger partial charge is 0.317 e. The third-order valence-electron chi connectivity index (χ3n) is 2.99. The van der Waals surface area contributed by atoms with E-state index in [1.165, 1.54) is 0 Å². The molecule has 2 amide bonds. The van der Waals surface area contributed by atoms with E-state index in [0.29, 0.717) is 6.42 Å². The number of nitrogens with two attached hydrogens (primary N) is 1. The Bertz CT molecular complexity index is 263. The molecule has 2 rings (SSSR count). The number of piperidine rings is 1. The van der Waals surface area contributed by atoms with Gasteiger partial charge in [0.1, 0.15) is 0 Å². The Morgan fingerprint density at radius 3 is 2.29 bits per heavy atom. The summed E-state index contributed by atoms with van der Waals surface area (Å²) < 4.78 is 0. The average molecular weight is 220 g/mol. The minimum atomic E-state index is -0.475.